The van der Waals surface area contributed by atoms with Crippen LogP contribution in [0.4, 0.5) is 13.2 Å². The fourth-order valence-corrected chi connectivity index (χ4v) is 2.77. The summed E-state index contributed by atoms with van der Waals surface area (Å²) < 4.78 is 43.1. The lowest BCUT2D eigenvalue weighted by atomic mass is 10.1. The molecule has 1 heterocycles. The van der Waals surface area contributed by atoms with E-state index in [1.807, 2.05) is 18.7 Å². The van der Waals surface area contributed by atoms with Crippen molar-refractivity contribution < 1.29 is 27.8 Å². The number of β-amino-alcohol motifs (C(OH)–C–C–N with tert-alkyl or cyclic N) is 1. The molecule has 1 amide bonds. The van der Waals surface area contributed by atoms with Crippen LogP contribution in [0.15, 0.2) is 24.3 Å². The number of benzene rings is 1. The zero-order valence-corrected chi connectivity index (χ0v) is 15.0. The summed E-state index contributed by atoms with van der Waals surface area (Å²) in [6, 6.07) is 4.28. The smallest absolute Gasteiger partial charge is 0.389 e. The molecule has 1 aliphatic heterocycles. The number of rotatable bonds is 6. The first-order valence-corrected chi connectivity index (χ1v) is 8.65. The first kappa shape index (κ1) is 20.7. The molecule has 2 rings (SSSR count). The molecule has 1 atom stereocenters. The molecule has 0 aromatic heterocycles. The fraction of sp³-hybridized carbons (Fsp3) is 0.611. The van der Waals surface area contributed by atoms with Crippen molar-refractivity contribution in [2.45, 2.75) is 32.2 Å². The summed E-state index contributed by atoms with van der Waals surface area (Å²) in [6.07, 6.45) is -4.94. The third-order valence-corrected chi connectivity index (χ3v) is 4.21. The van der Waals surface area contributed by atoms with Crippen LogP contribution < -0.4 is 0 Å². The Morgan fingerprint density at radius 2 is 1.73 bits per heavy atom. The van der Waals surface area contributed by atoms with Crippen molar-refractivity contribution in [2.24, 2.45) is 0 Å². The minimum Gasteiger partial charge on any atom is -0.389 e. The number of halogens is 3. The number of alkyl halides is 3. The standard InChI is InChI=1S/C18H25F3N2O3/c1-13(2)26-12-16(24)11-22-7-9-23(10-8-22)17(25)14-3-5-15(6-4-14)18(19,20)21/h3-6,13,16,24H,7-12H2,1-2H3. The maximum Gasteiger partial charge on any atom is 0.416 e. The number of aliphatic hydroxyl groups is 1. The van der Waals surface area contributed by atoms with Crippen LogP contribution in [-0.4, -0.2) is 72.4 Å². The van der Waals surface area contributed by atoms with Crippen molar-refractivity contribution in [1.29, 1.82) is 0 Å². The second-order valence-electron chi connectivity index (χ2n) is 6.70. The van der Waals surface area contributed by atoms with Crippen molar-refractivity contribution in [3.63, 3.8) is 0 Å². The molecule has 1 aliphatic rings. The van der Waals surface area contributed by atoms with Crippen LogP contribution >= 0.6 is 0 Å². The van der Waals surface area contributed by atoms with Gasteiger partial charge in [-0.05, 0) is 38.1 Å². The van der Waals surface area contributed by atoms with E-state index < -0.39 is 17.8 Å². The largest absolute Gasteiger partial charge is 0.416 e. The molecule has 0 radical (unpaired) electrons. The van der Waals surface area contributed by atoms with Crippen molar-refractivity contribution in [1.82, 2.24) is 9.80 Å². The predicted molar refractivity (Wildman–Crippen MR) is 90.9 cm³/mol. The van der Waals surface area contributed by atoms with Gasteiger partial charge in [0.2, 0.25) is 0 Å². The average molecular weight is 374 g/mol. The summed E-state index contributed by atoms with van der Waals surface area (Å²) in [5.41, 5.74) is -0.520. The molecule has 146 valence electrons. The van der Waals surface area contributed by atoms with E-state index in [4.69, 9.17) is 4.74 Å². The Kier molecular flexibility index (Phi) is 7.02. The molecule has 0 aliphatic carbocycles. The molecule has 1 fully saturated rings. The molecule has 1 aromatic rings. The van der Waals surface area contributed by atoms with E-state index in [9.17, 15) is 23.1 Å². The summed E-state index contributed by atoms with van der Waals surface area (Å²) in [5, 5.41) is 9.96. The van der Waals surface area contributed by atoms with Crippen molar-refractivity contribution >= 4 is 5.91 Å². The van der Waals surface area contributed by atoms with Gasteiger partial charge in [-0.3, -0.25) is 9.69 Å². The average Bonchev–Trinajstić information content (AvgIpc) is 2.59. The van der Waals surface area contributed by atoms with Crippen LogP contribution in [0.2, 0.25) is 0 Å². The second kappa shape index (κ2) is 8.83. The summed E-state index contributed by atoms with van der Waals surface area (Å²) in [7, 11) is 0. The van der Waals surface area contributed by atoms with Crippen LogP contribution in [0.3, 0.4) is 0 Å². The van der Waals surface area contributed by atoms with Gasteiger partial charge in [-0.1, -0.05) is 0 Å². The molecule has 5 nitrogen and oxygen atoms in total. The van der Waals surface area contributed by atoms with Crippen LogP contribution in [0, 0.1) is 0 Å². The predicted octanol–water partition coefficient (Wildman–Crippen LogP) is 2.25. The van der Waals surface area contributed by atoms with Gasteiger partial charge in [-0.2, -0.15) is 13.2 Å². The van der Waals surface area contributed by atoms with E-state index in [1.165, 1.54) is 12.1 Å². The molecular weight excluding hydrogens is 349 g/mol. The van der Waals surface area contributed by atoms with Crippen molar-refractivity contribution in [3.8, 4) is 0 Å². The van der Waals surface area contributed by atoms with Crippen LogP contribution in [0.5, 0.6) is 0 Å². The summed E-state index contributed by atoms with van der Waals surface area (Å²) in [5.74, 6) is -0.276. The number of aliphatic hydroxyl groups excluding tert-OH is 1. The summed E-state index contributed by atoms with van der Waals surface area (Å²) in [4.78, 5) is 16.1. The first-order valence-electron chi connectivity index (χ1n) is 8.65. The van der Waals surface area contributed by atoms with Gasteiger partial charge in [0, 0.05) is 38.3 Å². The molecule has 1 unspecified atom stereocenters. The highest BCUT2D eigenvalue weighted by molar-refractivity contribution is 5.94. The Balaban J connectivity index is 1.82. The number of carbonyl (C=O) groups is 1. The van der Waals surface area contributed by atoms with Crippen LogP contribution in [0.25, 0.3) is 0 Å². The first-order chi connectivity index (χ1) is 12.2. The van der Waals surface area contributed by atoms with Crippen LogP contribution in [-0.2, 0) is 10.9 Å². The Morgan fingerprint density at radius 3 is 2.23 bits per heavy atom. The second-order valence-corrected chi connectivity index (χ2v) is 6.70. The van der Waals surface area contributed by atoms with Gasteiger partial charge in [0.05, 0.1) is 24.4 Å². The molecule has 0 spiro atoms. The molecule has 0 saturated carbocycles. The van der Waals surface area contributed by atoms with Crippen molar-refractivity contribution in [2.75, 3.05) is 39.3 Å². The number of ether oxygens (including phenoxy) is 1. The highest BCUT2D eigenvalue weighted by Gasteiger charge is 2.30. The van der Waals surface area contributed by atoms with Gasteiger partial charge >= 0.3 is 6.18 Å². The van der Waals surface area contributed by atoms with E-state index in [2.05, 4.69) is 0 Å². The number of carbonyl (C=O) groups excluding carboxylic acids is 1. The van der Waals surface area contributed by atoms with E-state index in [1.54, 1.807) is 4.90 Å². The maximum absolute atomic E-state index is 12.6. The van der Waals surface area contributed by atoms with E-state index in [-0.39, 0.29) is 24.2 Å². The van der Waals surface area contributed by atoms with Gasteiger partial charge < -0.3 is 14.7 Å². The van der Waals surface area contributed by atoms with Gasteiger partial charge in [-0.15, -0.1) is 0 Å². The third-order valence-electron chi connectivity index (χ3n) is 4.21. The van der Waals surface area contributed by atoms with Gasteiger partial charge in [0.1, 0.15) is 0 Å². The lowest BCUT2D eigenvalue weighted by Crippen LogP contribution is -2.50. The zero-order chi connectivity index (χ0) is 19.3. The molecular formula is C18H25F3N2O3. The van der Waals surface area contributed by atoms with Gasteiger partial charge in [-0.25, -0.2) is 0 Å². The maximum atomic E-state index is 12.6. The van der Waals surface area contributed by atoms with Crippen LogP contribution in [0.1, 0.15) is 29.8 Å². The topological polar surface area (TPSA) is 53.0 Å². The molecule has 0 bridgehead atoms. The van der Waals surface area contributed by atoms with Crippen molar-refractivity contribution in [3.05, 3.63) is 35.4 Å². The number of piperazine rings is 1. The minimum atomic E-state index is -4.41. The minimum absolute atomic E-state index is 0.0582. The Labute approximate surface area is 151 Å². The molecule has 1 saturated heterocycles. The normalized spacial score (nSPS) is 17.6. The zero-order valence-electron chi connectivity index (χ0n) is 15.0. The number of hydrogen-bond donors (Lipinski definition) is 1. The van der Waals surface area contributed by atoms with Gasteiger partial charge in [0.25, 0.3) is 5.91 Å². The number of nitrogens with zero attached hydrogens (tertiary/aromatic N) is 2. The molecule has 1 aromatic carbocycles. The van der Waals surface area contributed by atoms with E-state index >= 15 is 0 Å². The fourth-order valence-electron chi connectivity index (χ4n) is 2.77. The lowest BCUT2D eigenvalue weighted by molar-refractivity contribution is -0.137. The summed E-state index contributed by atoms with van der Waals surface area (Å²) in [6.45, 7) is 6.68. The Bertz CT molecular complexity index is 582. The van der Waals surface area contributed by atoms with E-state index in [0.29, 0.717) is 32.7 Å². The molecule has 1 N–H and O–H groups in total. The number of hydrogen-bond acceptors (Lipinski definition) is 4. The quantitative estimate of drug-likeness (QED) is 0.830. The van der Waals surface area contributed by atoms with Gasteiger partial charge in [0.15, 0.2) is 0 Å². The third kappa shape index (κ3) is 5.96. The molecule has 8 heteroatoms. The number of amides is 1. The highest BCUT2D eigenvalue weighted by atomic mass is 19.4. The lowest BCUT2D eigenvalue weighted by Gasteiger charge is -2.35. The monoisotopic (exact) mass is 374 g/mol. The molecule has 26 heavy (non-hydrogen) atoms. The Morgan fingerprint density at radius 1 is 1.15 bits per heavy atom. The summed E-state index contributed by atoms with van der Waals surface area (Å²) >= 11 is 0. The highest BCUT2D eigenvalue weighted by Crippen LogP contribution is 2.29. The van der Waals surface area contributed by atoms with E-state index in [0.717, 1.165) is 12.1 Å². The Hall–Kier alpha value is -1.64. The SMILES string of the molecule is CC(C)OCC(O)CN1CCN(C(=O)c2ccc(C(F)(F)F)cc2)CC1.